The summed E-state index contributed by atoms with van der Waals surface area (Å²) in [5.41, 5.74) is 3.15. The average Bonchev–Trinajstić information content (AvgIpc) is 2.91. The summed E-state index contributed by atoms with van der Waals surface area (Å²) in [4.78, 5) is 14.6. The zero-order valence-corrected chi connectivity index (χ0v) is 12.7. The summed E-state index contributed by atoms with van der Waals surface area (Å²) < 4.78 is 0. The van der Waals surface area contributed by atoms with Crippen LogP contribution in [0, 0.1) is 0 Å². The van der Waals surface area contributed by atoms with Crippen LogP contribution >= 0.6 is 0 Å². The molecule has 1 heterocycles. The Morgan fingerprint density at radius 1 is 1.40 bits per heavy atom. The molecule has 1 unspecified atom stereocenters. The molecule has 0 spiro atoms. The summed E-state index contributed by atoms with van der Waals surface area (Å²) in [6.07, 6.45) is 1.05. The van der Waals surface area contributed by atoms with Gasteiger partial charge in [-0.15, -0.1) is 0 Å². The second-order valence-corrected chi connectivity index (χ2v) is 5.41. The fourth-order valence-corrected chi connectivity index (χ4v) is 2.65. The Labute approximate surface area is 121 Å². The molecule has 110 valence electrons. The molecule has 0 saturated heterocycles. The Kier molecular flexibility index (Phi) is 5.01. The van der Waals surface area contributed by atoms with Crippen LogP contribution in [-0.2, 0) is 6.42 Å². The Morgan fingerprint density at radius 2 is 2.15 bits per heavy atom. The Hall–Kier alpha value is -1.55. The highest BCUT2D eigenvalue weighted by Crippen LogP contribution is 2.23. The number of carbonyl (C=O) groups is 1. The van der Waals surface area contributed by atoms with E-state index in [4.69, 9.17) is 0 Å². The van der Waals surface area contributed by atoms with Crippen molar-refractivity contribution in [3.8, 4) is 0 Å². The minimum Gasteiger partial charge on any atom is -0.384 e. The third kappa shape index (κ3) is 3.51. The number of hydrogen-bond donors (Lipinski definition) is 2. The van der Waals surface area contributed by atoms with E-state index in [0.717, 1.165) is 43.9 Å². The SMILES string of the molecule is CCN(CC)CC(C)NC(=O)c1ccc2c(c1)NCC2. The molecule has 0 saturated carbocycles. The van der Waals surface area contributed by atoms with E-state index in [1.165, 1.54) is 5.56 Å². The van der Waals surface area contributed by atoms with Crippen molar-refractivity contribution < 1.29 is 4.79 Å². The molecule has 1 aromatic rings. The van der Waals surface area contributed by atoms with E-state index in [0.29, 0.717) is 0 Å². The highest BCUT2D eigenvalue weighted by Gasteiger charge is 2.15. The van der Waals surface area contributed by atoms with Crippen molar-refractivity contribution in [2.75, 3.05) is 31.5 Å². The number of likely N-dealkylation sites (N-methyl/N-ethyl adjacent to an activating group) is 1. The smallest absolute Gasteiger partial charge is 0.251 e. The maximum Gasteiger partial charge on any atom is 0.251 e. The minimum absolute atomic E-state index is 0.0150. The van der Waals surface area contributed by atoms with E-state index >= 15 is 0 Å². The second-order valence-electron chi connectivity index (χ2n) is 5.41. The number of carbonyl (C=O) groups excluding carboxylic acids is 1. The molecule has 2 N–H and O–H groups in total. The first-order valence-electron chi connectivity index (χ1n) is 7.54. The normalized spacial score (nSPS) is 14.8. The molecule has 1 amide bonds. The minimum atomic E-state index is 0.0150. The van der Waals surface area contributed by atoms with Gasteiger partial charge in [-0.2, -0.15) is 0 Å². The van der Waals surface area contributed by atoms with E-state index in [1.54, 1.807) is 0 Å². The lowest BCUT2D eigenvalue weighted by Gasteiger charge is -2.23. The number of nitrogens with zero attached hydrogens (tertiary/aromatic N) is 1. The van der Waals surface area contributed by atoms with Crippen LogP contribution in [0.5, 0.6) is 0 Å². The van der Waals surface area contributed by atoms with Gasteiger partial charge < -0.3 is 15.5 Å². The zero-order valence-electron chi connectivity index (χ0n) is 12.7. The molecule has 0 bridgehead atoms. The number of benzene rings is 1. The molecule has 0 radical (unpaired) electrons. The highest BCUT2D eigenvalue weighted by molar-refractivity contribution is 5.95. The molecule has 1 aromatic carbocycles. The molecule has 1 atom stereocenters. The highest BCUT2D eigenvalue weighted by atomic mass is 16.1. The van der Waals surface area contributed by atoms with Crippen LogP contribution in [0.3, 0.4) is 0 Å². The van der Waals surface area contributed by atoms with Gasteiger partial charge in [0.15, 0.2) is 0 Å². The Balaban J connectivity index is 1.94. The van der Waals surface area contributed by atoms with Crippen LogP contribution in [-0.4, -0.2) is 43.0 Å². The molecular formula is C16H25N3O. The Morgan fingerprint density at radius 3 is 2.85 bits per heavy atom. The molecule has 4 heteroatoms. The van der Waals surface area contributed by atoms with E-state index in [9.17, 15) is 4.79 Å². The van der Waals surface area contributed by atoms with E-state index < -0.39 is 0 Å². The largest absolute Gasteiger partial charge is 0.384 e. The van der Waals surface area contributed by atoms with Crippen molar-refractivity contribution in [3.63, 3.8) is 0 Å². The van der Waals surface area contributed by atoms with Crippen LogP contribution in [0.2, 0.25) is 0 Å². The van der Waals surface area contributed by atoms with Gasteiger partial charge in [-0.1, -0.05) is 19.9 Å². The number of amides is 1. The van der Waals surface area contributed by atoms with Gasteiger partial charge in [0, 0.05) is 30.4 Å². The predicted molar refractivity (Wildman–Crippen MR) is 83.4 cm³/mol. The van der Waals surface area contributed by atoms with Crippen LogP contribution in [0.1, 0.15) is 36.7 Å². The molecule has 2 rings (SSSR count). The van der Waals surface area contributed by atoms with Crippen molar-refractivity contribution in [2.24, 2.45) is 0 Å². The number of nitrogens with one attached hydrogen (secondary N) is 2. The Bertz CT molecular complexity index is 469. The predicted octanol–water partition coefficient (Wildman–Crippen LogP) is 2.11. The topological polar surface area (TPSA) is 44.4 Å². The average molecular weight is 275 g/mol. The fraction of sp³-hybridized carbons (Fsp3) is 0.562. The van der Waals surface area contributed by atoms with Crippen molar-refractivity contribution in [1.82, 2.24) is 10.2 Å². The van der Waals surface area contributed by atoms with Gasteiger partial charge in [0.25, 0.3) is 5.91 Å². The standard InChI is InChI=1S/C16H25N3O/c1-4-19(5-2)11-12(3)18-16(20)14-7-6-13-8-9-17-15(13)10-14/h6-7,10,12,17H,4-5,8-9,11H2,1-3H3,(H,18,20). The van der Waals surface area contributed by atoms with Gasteiger partial charge >= 0.3 is 0 Å². The summed E-state index contributed by atoms with van der Waals surface area (Å²) in [6, 6.07) is 6.09. The summed E-state index contributed by atoms with van der Waals surface area (Å²) >= 11 is 0. The van der Waals surface area contributed by atoms with E-state index in [1.807, 2.05) is 12.1 Å². The molecule has 0 aromatic heterocycles. The number of rotatable bonds is 6. The van der Waals surface area contributed by atoms with Crippen LogP contribution < -0.4 is 10.6 Å². The summed E-state index contributed by atoms with van der Waals surface area (Å²) in [6.45, 7) is 10.2. The van der Waals surface area contributed by atoms with Gasteiger partial charge in [-0.3, -0.25) is 4.79 Å². The van der Waals surface area contributed by atoms with Crippen molar-refractivity contribution >= 4 is 11.6 Å². The van der Waals surface area contributed by atoms with Crippen LogP contribution in [0.4, 0.5) is 5.69 Å². The number of fused-ring (bicyclic) bond motifs is 1. The quantitative estimate of drug-likeness (QED) is 0.836. The molecular weight excluding hydrogens is 250 g/mol. The number of anilines is 1. The van der Waals surface area contributed by atoms with Crippen molar-refractivity contribution in [2.45, 2.75) is 33.2 Å². The molecule has 1 aliphatic heterocycles. The molecule has 4 nitrogen and oxygen atoms in total. The van der Waals surface area contributed by atoms with Crippen LogP contribution in [0.15, 0.2) is 18.2 Å². The van der Waals surface area contributed by atoms with Crippen molar-refractivity contribution in [1.29, 1.82) is 0 Å². The maximum atomic E-state index is 12.3. The lowest BCUT2D eigenvalue weighted by Crippen LogP contribution is -2.41. The summed E-state index contributed by atoms with van der Waals surface area (Å²) in [5.74, 6) is 0.0150. The third-order valence-corrected chi connectivity index (χ3v) is 3.89. The lowest BCUT2D eigenvalue weighted by atomic mass is 10.1. The van der Waals surface area contributed by atoms with Gasteiger partial charge in [-0.05, 0) is 44.1 Å². The van der Waals surface area contributed by atoms with Gasteiger partial charge in [0.2, 0.25) is 0 Å². The molecule has 1 aliphatic rings. The van der Waals surface area contributed by atoms with Gasteiger partial charge in [0.05, 0.1) is 0 Å². The molecule has 20 heavy (non-hydrogen) atoms. The monoisotopic (exact) mass is 275 g/mol. The first kappa shape index (κ1) is 14.9. The zero-order chi connectivity index (χ0) is 14.5. The second kappa shape index (κ2) is 6.75. The lowest BCUT2D eigenvalue weighted by molar-refractivity contribution is 0.0930. The van der Waals surface area contributed by atoms with Crippen LogP contribution in [0.25, 0.3) is 0 Å². The summed E-state index contributed by atoms with van der Waals surface area (Å²) in [7, 11) is 0. The van der Waals surface area contributed by atoms with E-state index in [2.05, 4.69) is 42.4 Å². The summed E-state index contributed by atoms with van der Waals surface area (Å²) in [5, 5.41) is 6.39. The van der Waals surface area contributed by atoms with Gasteiger partial charge in [0.1, 0.15) is 0 Å². The number of hydrogen-bond acceptors (Lipinski definition) is 3. The van der Waals surface area contributed by atoms with Crippen molar-refractivity contribution in [3.05, 3.63) is 29.3 Å². The molecule has 0 fully saturated rings. The third-order valence-electron chi connectivity index (χ3n) is 3.89. The first-order valence-corrected chi connectivity index (χ1v) is 7.54. The fourth-order valence-electron chi connectivity index (χ4n) is 2.65. The van der Waals surface area contributed by atoms with Gasteiger partial charge in [-0.25, -0.2) is 0 Å². The molecule has 0 aliphatic carbocycles. The maximum absolute atomic E-state index is 12.3. The first-order chi connectivity index (χ1) is 9.63. The van der Waals surface area contributed by atoms with E-state index in [-0.39, 0.29) is 11.9 Å².